The third kappa shape index (κ3) is 5.39. The van der Waals surface area contributed by atoms with Crippen LogP contribution in [0.3, 0.4) is 0 Å². The Balaban J connectivity index is 2.01. The first-order valence-corrected chi connectivity index (χ1v) is 7.83. The van der Waals surface area contributed by atoms with Gasteiger partial charge in [0.2, 0.25) is 5.91 Å². The molecule has 0 unspecified atom stereocenters. The van der Waals surface area contributed by atoms with Gasteiger partial charge in [-0.1, -0.05) is 19.9 Å². The number of amides is 2. The Hall–Kier alpha value is -2.89. The van der Waals surface area contributed by atoms with Crippen molar-refractivity contribution in [3.63, 3.8) is 0 Å². The molecular formula is C18H22N4O2. The fourth-order valence-electron chi connectivity index (χ4n) is 2.03. The molecule has 24 heavy (non-hydrogen) atoms. The number of carbonyl (C=O) groups excluding carboxylic acids is 2. The lowest BCUT2D eigenvalue weighted by molar-refractivity contribution is -0.114. The maximum atomic E-state index is 11.9. The standard InChI is InChI=1S/C18H22N4O2/c1-12(2)10-20-18(24)17-8-7-16(11-19-17)22-15-6-4-5-14(9-15)21-13(3)23/h4-9,11-12,22H,10H2,1-3H3,(H,20,24)(H,21,23). The molecule has 6 nitrogen and oxygen atoms in total. The van der Waals surface area contributed by atoms with Crippen molar-refractivity contribution in [1.29, 1.82) is 0 Å². The Morgan fingerprint density at radius 1 is 1.08 bits per heavy atom. The van der Waals surface area contributed by atoms with Crippen LogP contribution in [-0.2, 0) is 4.79 Å². The van der Waals surface area contributed by atoms with Crippen LogP contribution >= 0.6 is 0 Å². The Kier molecular flexibility index (Phi) is 5.89. The lowest BCUT2D eigenvalue weighted by Crippen LogP contribution is -2.27. The molecule has 0 fully saturated rings. The number of benzene rings is 1. The van der Waals surface area contributed by atoms with Crippen LogP contribution in [-0.4, -0.2) is 23.3 Å². The monoisotopic (exact) mass is 326 g/mol. The Morgan fingerprint density at radius 2 is 1.83 bits per heavy atom. The molecule has 0 atom stereocenters. The molecule has 126 valence electrons. The van der Waals surface area contributed by atoms with Gasteiger partial charge in [-0.05, 0) is 36.2 Å². The summed E-state index contributed by atoms with van der Waals surface area (Å²) < 4.78 is 0. The van der Waals surface area contributed by atoms with Crippen molar-refractivity contribution in [2.24, 2.45) is 5.92 Å². The van der Waals surface area contributed by atoms with Gasteiger partial charge in [0.05, 0.1) is 11.9 Å². The predicted molar refractivity (Wildman–Crippen MR) is 95.4 cm³/mol. The number of nitrogens with zero attached hydrogens (tertiary/aromatic N) is 1. The van der Waals surface area contributed by atoms with Gasteiger partial charge in [-0.15, -0.1) is 0 Å². The number of nitrogens with one attached hydrogen (secondary N) is 3. The van der Waals surface area contributed by atoms with Crippen molar-refractivity contribution in [3.05, 3.63) is 48.3 Å². The van der Waals surface area contributed by atoms with E-state index < -0.39 is 0 Å². The summed E-state index contributed by atoms with van der Waals surface area (Å²) in [6, 6.07) is 10.8. The molecule has 0 radical (unpaired) electrons. The van der Waals surface area contributed by atoms with Crippen LogP contribution in [0.15, 0.2) is 42.6 Å². The second-order valence-corrected chi connectivity index (χ2v) is 5.92. The van der Waals surface area contributed by atoms with Gasteiger partial charge in [-0.3, -0.25) is 9.59 Å². The molecule has 0 aliphatic rings. The normalized spacial score (nSPS) is 10.3. The summed E-state index contributed by atoms with van der Waals surface area (Å²) in [7, 11) is 0. The molecule has 0 aliphatic carbocycles. The van der Waals surface area contributed by atoms with Crippen molar-refractivity contribution < 1.29 is 9.59 Å². The minimum absolute atomic E-state index is 0.120. The zero-order valence-corrected chi connectivity index (χ0v) is 14.1. The predicted octanol–water partition coefficient (Wildman–Crippen LogP) is 3.17. The molecule has 2 amide bonds. The third-order valence-corrected chi connectivity index (χ3v) is 3.14. The molecule has 0 saturated heterocycles. The smallest absolute Gasteiger partial charge is 0.269 e. The van der Waals surface area contributed by atoms with Crippen LogP contribution in [0.5, 0.6) is 0 Å². The summed E-state index contributed by atoms with van der Waals surface area (Å²) >= 11 is 0. The van der Waals surface area contributed by atoms with Gasteiger partial charge in [0, 0.05) is 24.8 Å². The molecule has 1 heterocycles. The SMILES string of the molecule is CC(=O)Nc1cccc(Nc2ccc(C(=O)NCC(C)C)nc2)c1. The molecular weight excluding hydrogens is 304 g/mol. The first kappa shape index (κ1) is 17.5. The van der Waals surface area contributed by atoms with Crippen molar-refractivity contribution in [2.75, 3.05) is 17.2 Å². The van der Waals surface area contributed by atoms with Crippen molar-refractivity contribution in [1.82, 2.24) is 10.3 Å². The summed E-state index contributed by atoms with van der Waals surface area (Å²) in [5, 5.41) is 8.75. The van der Waals surface area contributed by atoms with Crippen molar-refractivity contribution in [2.45, 2.75) is 20.8 Å². The average Bonchev–Trinajstić information content (AvgIpc) is 2.53. The molecule has 3 N–H and O–H groups in total. The van der Waals surface area contributed by atoms with E-state index in [1.165, 1.54) is 6.92 Å². The fourth-order valence-corrected chi connectivity index (χ4v) is 2.03. The summed E-state index contributed by atoms with van der Waals surface area (Å²) in [4.78, 5) is 27.2. The fraction of sp³-hybridized carbons (Fsp3) is 0.278. The van der Waals surface area contributed by atoms with Crippen LogP contribution in [0, 0.1) is 5.92 Å². The van der Waals surface area contributed by atoms with Crippen molar-refractivity contribution >= 4 is 28.9 Å². The number of carbonyl (C=O) groups is 2. The number of hydrogen-bond donors (Lipinski definition) is 3. The molecule has 0 saturated carbocycles. The van der Waals surface area contributed by atoms with Crippen molar-refractivity contribution in [3.8, 4) is 0 Å². The zero-order valence-electron chi connectivity index (χ0n) is 14.1. The Morgan fingerprint density at radius 3 is 2.46 bits per heavy atom. The van der Waals surface area contributed by atoms with Gasteiger partial charge >= 0.3 is 0 Å². The first-order valence-electron chi connectivity index (χ1n) is 7.83. The molecule has 2 aromatic rings. The minimum Gasteiger partial charge on any atom is -0.354 e. The van der Waals surface area contributed by atoms with Gasteiger partial charge in [0.15, 0.2) is 0 Å². The largest absolute Gasteiger partial charge is 0.354 e. The van der Waals surface area contributed by atoms with Gasteiger partial charge in [-0.25, -0.2) is 4.98 Å². The molecule has 6 heteroatoms. The molecule has 0 spiro atoms. The van der Waals surface area contributed by atoms with Crippen LogP contribution in [0.2, 0.25) is 0 Å². The molecule has 0 bridgehead atoms. The van der Waals surface area contributed by atoms with E-state index in [-0.39, 0.29) is 11.8 Å². The van der Waals surface area contributed by atoms with Gasteiger partial charge in [0.25, 0.3) is 5.91 Å². The quantitative estimate of drug-likeness (QED) is 0.761. The molecule has 2 rings (SSSR count). The highest BCUT2D eigenvalue weighted by Gasteiger charge is 2.07. The highest BCUT2D eigenvalue weighted by atomic mass is 16.2. The summed E-state index contributed by atoms with van der Waals surface area (Å²) in [5.74, 6) is 0.0965. The van der Waals surface area contributed by atoms with E-state index in [0.29, 0.717) is 23.8 Å². The van der Waals surface area contributed by atoms with Crippen LogP contribution in [0.25, 0.3) is 0 Å². The van der Waals surface area contributed by atoms with Crippen LogP contribution in [0.1, 0.15) is 31.3 Å². The van der Waals surface area contributed by atoms with Crippen LogP contribution < -0.4 is 16.0 Å². The second-order valence-electron chi connectivity index (χ2n) is 5.92. The van der Waals surface area contributed by atoms with E-state index in [4.69, 9.17) is 0 Å². The van der Waals surface area contributed by atoms with E-state index in [0.717, 1.165) is 11.4 Å². The molecule has 0 aliphatic heterocycles. The summed E-state index contributed by atoms with van der Waals surface area (Å²) in [6.07, 6.45) is 1.61. The lowest BCUT2D eigenvalue weighted by Gasteiger charge is -2.10. The highest BCUT2D eigenvalue weighted by Crippen LogP contribution is 2.19. The van der Waals surface area contributed by atoms with E-state index >= 15 is 0 Å². The van der Waals surface area contributed by atoms with Crippen LogP contribution in [0.4, 0.5) is 17.1 Å². The van der Waals surface area contributed by atoms with Gasteiger partial charge in [-0.2, -0.15) is 0 Å². The van der Waals surface area contributed by atoms with Gasteiger partial charge in [0.1, 0.15) is 5.69 Å². The topological polar surface area (TPSA) is 83.1 Å². The summed E-state index contributed by atoms with van der Waals surface area (Å²) in [6.45, 7) is 6.16. The Bertz CT molecular complexity index is 711. The van der Waals surface area contributed by atoms with E-state index in [1.54, 1.807) is 18.3 Å². The highest BCUT2D eigenvalue weighted by molar-refractivity contribution is 5.92. The number of hydrogen-bond acceptors (Lipinski definition) is 4. The average molecular weight is 326 g/mol. The maximum Gasteiger partial charge on any atom is 0.269 e. The third-order valence-electron chi connectivity index (χ3n) is 3.14. The number of anilines is 3. The summed E-state index contributed by atoms with van der Waals surface area (Å²) in [5.41, 5.74) is 2.67. The number of rotatable bonds is 6. The number of pyridine rings is 1. The minimum atomic E-state index is -0.178. The lowest BCUT2D eigenvalue weighted by atomic mass is 10.2. The first-order chi connectivity index (χ1) is 11.4. The molecule has 1 aromatic carbocycles. The second kappa shape index (κ2) is 8.10. The van der Waals surface area contributed by atoms with E-state index in [1.807, 2.05) is 38.1 Å². The zero-order chi connectivity index (χ0) is 17.5. The maximum absolute atomic E-state index is 11.9. The molecule has 1 aromatic heterocycles. The van der Waals surface area contributed by atoms with E-state index in [9.17, 15) is 9.59 Å². The Labute approximate surface area is 141 Å². The van der Waals surface area contributed by atoms with Gasteiger partial charge < -0.3 is 16.0 Å². The van der Waals surface area contributed by atoms with E-state index in [2.05, 4.69) is 20.9 Å². The number of aromatic nitrogens is 1.